The molecule has 0 unspecified atom stereocenters. The molecule has 1 aliphatic carbocycles. The van der Waals surface area contributed by atoms with Crippen LogP contribution in [0.25, 0.3) is 0 Å². The lowest BCUT2D eigenvalue weighted by atomic mass is 9.74. The smallest absolute Gasteiger partial charge is 0.325 e. The molecule has 0 amide bonds. The maximum atomic E-state index is 11.4. The number of nitrogens with one attached hydrogen (secondary N) is 1. The number of ether oxygens (including phenoxy) is 1. The number of carbonyl (C=O) groups excluding carboxylic acids is 1. The highest BCUT2D eigenvalue weighted by atomic mass is 32.2. The van der Waals surface area contributed by atoms with E-state index in [4.69, 9.17) is 5.73 Å². The van der Waals surface area contributed by atoms with Gasteiger partial charge in [0.25, 0.3) is 0 Å². The van der Waals surface area contributed by atoms with Gasteiger partial charge in [0.2, 0.25) is 10.0 Å². The molecule has 0 bridgehead atoms. The van der Waals surface area contributed by atoms with Gasteiger partial charge >= 0.3 is 5.97 Å². The fourth-order valence-corrected chi connectivity index (χ4v) is 3.18. The highest BCUT2D eigenvalue weighted by Gasteiger charge is 2.49. The number of esters is 1. The first-order chi connectivity index (χ1) is 7.33. The number of nitrogens with two attached hydrogens (primary N) is 1. The molecule has 6 nitrogen and oxygen atoms in total. The van der Waals surface area contributed by atoms with Crippen molar-refractivity contribution in [3.05, 3.63) is 0 Å². The fraction of sp³-hybridized carbons (Fsp3) is 0.889. The van der Waals surface area contributed by atoms with Gasteiger partial charge in [-0.25, -0.2) is 13.1 Å². The first-order valence-corrected chi connectivity index (χ1v) is 6.85. The van der Waals surface area contributed by atoms with Crippen LogP contribution < -0.4 is 10.5 Å². The average Bonchev–Trinajstić information content (AvgIpc) is 2.13. The molecule has 0 spiro atoms. The molecule has 1 saturated carbocycles. The van der Waals surface area contributed by atoms with Crippen LogP contribution in [-0.4, -0.2) is 38.8 Å². The van der Waals surface area contributed by atoms with Crippen LogP contribution in [0.4, 0.5) is 0 Å². The van der Waals surface area contributed by atoms with Crippen molar-refractivity contribution >= 4 is 16.0 Å². The largest absolute Gasteiger partial charge is 0.468 e. The van der Waals surface area contributed by atoms with Crippen molar-refractivity contribution in [1.82, 2.24) is 4.72 Å². The van der Waals surface area contributed by atoms with Gasteiger partial charge in [-0.3, -0.25) is 4.79 Å². The van der Waals surface area contributed by atoms with Crippen LogP contribution in [0, 0.1) is 0 Å². The number of hydrogen-bond acceptors (Lipinski definition) is 5. The van der Waals surface area contributed by atoms with Gasteiger partial charge in [0.15, 0.2) is 0 Å². The lowest BCUT2D eigenvalue weighted by molar-refractivity contribution is -0.151. The minimum atomic E-state index is -3.23. The van der Waals surface area contributed by atoms with Crippen LogP contribution in [0.3, 0.4) is 0 Å². The number of carbonyl (C=O) groups is 1. The molecule has 0 aromatic carbocycles. The zero-order chi connectivity index (χ0) is 12.4. The zero-order valence-corrected chi connectivity index (χ0v) is 10.3. The summed E-state index contributed by atoms with van der Waals surface area (Å²) in [6, 6.07) is -0.249. The van der Waals surface area contributed by atoms with Crippen molar-refractivity contribution in [1.29, 1.82) is 0 Å². The number of sulfonamides is 1. The van der Waals surface area contributed by atoms with Gasteiger partial charge in [0, 0.05) is 6.04 Å². The monoisotopic (exact) mass is 250 g/mol. The Balaban J connectivity index is 2.45. The van der Waals surface area contributed by atoms with Gasteiger partial charge in [-0.05, 0) is 19.3 Å². The molecule has 0 aliphatic heterocycles. The third-order valence-electron chi connectivity index (χ3n) is 2.63. The second-order valence-corrected chi connectivity index (χ2v) is 6.06. The van der Waals surface area contributed by atoms with Crippen molar-refractivity contribution in [3.8, 4) is 0 Å². The lowest BCUT2D eigenvalue weighted by Gasteiger charge is -2.42. The van der Waals surface area contributed by atoms with Gasteiger partial charge in [-0.1, -0.05) is 6.92 Å². The fourth-order valence-electron chi connectivity index (χ4n) is 1.85. The molecule has 0 heterocycles. The normalized spacial score (nSPS) is 29.6. The van der Waals surface area contributed by atoms with E-state index in [1.54, 1.807) is 6.92 Å². The molecule has 1 aliphatic rings. The number of rotatable bonds is 5. The summed E-state index contributed by atoms with van der Waals surface area (Å²) in [6.07, 6.45) is 1.15. The lowest BCUT2D eigenvalue weighted by Crippen LogP contribution is -2.64. The first kappa shape index (κ1) is 13.4. The number of methoxy groups -OCH3 is 1. The Bertz CT molecular complexity index is 360. The Labute approximate surface area is 95.6 Å². The summed E-state index contributed by atoms with van der Waals surface area (Å²) >= 11 is 0. The van der Waals surface area contributed by atoms with Crippen molar-refractivity contribution in [3.63, 3.8) is 0 Å². The predicted octanol–water partition coefficient (Wildman–Crippen LogP) is -0.651. The summed E-state index contributed by atoms with van der Waals surface area (Å²) in [5.74, 6) is -0.391. The van der Waals surface area contributed by atoms with E-state index in [-0.39, 0.29) is 11.8 Å². The molecular weight excluding hydrogens is 232 g/mol. The van der Waals surface area contributed by atoms with Gasteiger partial charge < -0.3 is 10.5 Å². The second-order valence-electron chi connectivity index (χ2n) is 4.19. The molecule has 0 radical (unpaired) electrons. The van der Waals surface area contributed by atoms with Gasteiger partial charge in [-0.2, -0.15) is 0 Å². The van der Waals surface area contributed by atoms with Crippen molar-refractivity contribution in [2.24, 2.45) is 5.73 Å². The van der Waals surface area contributed by atoms with E-state index < -0.39 is 21.5 Å². The van der Waals surface area contributed by atoms with Crippen LogP contribution in [0.2, 0.25) is 0 Å². The Morgan fingerprint density at radius 1 is 1.56 bits per heavy atom. The summed E-state index contributed by atoms with van der Waals surface area (Å²) in [5.41, 5.74) is 4.71. The van der Waals surface area contributed by atoms with Crippen LogP contribution in [0.15, 0.2) is 0 Å². The van der Waals surface area contributed by atoms with E-state index in [2.05, 4.69) is 9.46 Å². The molecule has 3 N–H and O–H groups in total. The third-order valence-corrected chi connectivity index (χ3v) is 4.27. The van der Waals surface area contributed by atoms with E-state index >= 15 is 0 Å². The topological polar surface area (TPSA) is 98.5 Å². The van der Waals surface area contributed by atoms with Crippen LogP contribution >= 0.6 is 0 Å². The van der Waals surface area contributed by atoms with E-state index in [1.807, 2.05) is 0 Å². The van der Waals surface area contributed by atoms with Crippen molar-refractivity contribution in [2.75, 3.05) is 12.9 Å². The highest BCUT2D eigenvalue weighted by molar-refractivity contribution is 7.89. The molecule has 0 saturated heterocycles. The van der Waals surface area contributed by atoms with Crippen LogP contribution in [-0.2, 0) is 19.6 Å². The molecule has 7 heteroatoms. The van der Waals surface area contributed by atoms with Crippen LogP contribution in [0.5, 0.6) is 0 Å². The molecule has 16 heavy (non-hydrogen) atoms. The molecule has 1 fully saturated rings. The average molecular weight is 250 g/mol. The van der Waals surface area contributed by atoms with Crippen molar-refractivity contribution in [2.45, 2.75) is 37.8 Å². The molecule has 0 atom stereocenters. The summed E-state index contributed by atoms with van der Waals surface area (Å²) in [7, 11) is -1.96. The molecular formula is C9H18N2O4S. The summed E-state index contributed by atoms with van der Waals surface area (Å²) < 4.78 is 29.9. The van der Waals surface area contributed by atoms with Crippen molar-refractivity contribution < 1.29 is 17.9 Å². The maximum absolute atomic E-state index is 11.4. The molecule has 0 aromatic rings. The zero-order valence-electron chi connectivity index (χ0n) is 9.52. The van der Waals surface area contributed by atoms with E-state index in [0.29, 0.717) is 19.3 Å². The molecule has 94 valence electrons. The second kappa shape index (κ2) is 4.68. The maximum Gasteiger partial charge on any atom is 0.325 e. The Kier molecular flexibility index (Phi) is 3.92. The minimum Gasteiger partial charge on any atom is -0.468 e. The third kappa shape index (κ3) is 2.93. The van der Waals surface area contributed by atoms with Gasteiger partial charge in [-0.15, -0.1) is 0 Å². The van der Waals surface area contributed by atoms with Gasteiger partial charge in [0.1, 0.15) is 5.54 Å². The van der Waals surface area contributed by atoms with Gasteiger partial charge in [0.05, 0.1) is 12.9 Å². The molecule has 0 aromatic heterocycles. The summed E-state index contributed by atoms with van der Waals surface area (Å²) in [6.45, 7) is 1.79. The Morgan fingerprint density at radius 3 is 2.56 bits per heavy atom. The first-order valence-electron chi connectivity index (χ1n) is 5.20. The highest BCUT2D eigenvalue weighted by Crippen LogP contribution is 2.31. The van der Waals surface area contributed by atoms with E-state index in [9.17, 15) is 13.2 Å². The van der Waals surface area contributed by atoms with Crippen LogP contribution in [0.1, 0.15) is 26.2 Å². The number of hydrogen-bond donors (Lipinski definition) is 2. The summed E-state index contributed by atoms with van der Waals surface area (Å²) in [4.78, 5) is 11.2. The summed E-state index contributed by atoms with van der Waals surface area (Å²) in [5, 5.41) is 0. The minimum absolute atomic E-state index is 0.0965. The standard InChI is InChI=1S/C9H18N2O4S/c1-3-4-16(13,14)11-7-5-9(10,6-7)8(12)15-2/h7,11H,3-6,10H2,1-2H3. The Morgan fingerprint density at radius 2 is 2.12 bits per heavy atom. The van der Waals surface area contributed by atoms with E-state index in [1.165, 1.54) is 7.11 Å². The Hall–Kier alpha value is -0.660. The van der Waals surface area contributed by atoms with E-state index in [0.717, 1.165) is 0 Å². The molecule has 1 rings (SSSR count). The predicted molar refractivity (Wildman–Crippen MR) is 59.2 cm³/mol. The SMILES string of the molecule is CCCS(=O)(=O)NC1CC(N)(C(=O)OC)C1. The quantitative estimate of drug-likeness (QED) is 0.632.